The van der Waals surface area contributed by atoms with Gasteiger partial charge in [0.05, 0.1) is 6.54 Å². The van der Waals surface area contributed by atoms with Crippen molar-refractivity contribution in [3.05, 3.63) is 30.1 Å². The molecule has 1 unspecified atom stereocenters. The summed E-state index contributed by atoms with van der Waals surface area (Å²) in [6.07, 6.45) is 5.89. The van der Waals surface area contributed by atoms with Gasteiger partial charge in [0.25, 0.3) is 0 Å². The first kappa shape index (κ1) is 13.0. The third kappa shape index (κ3) is 3.27. The second-order valence-corrected chi connectivity index (χ2v) is 4.55. The SMILES string of the molecule is NCCNC(=O)CN1CCCC1c1cccnc1. The number of carbonyl (C=O) groups is 1. The van der Waals surface area contributed by atoms with Crippen molar-refractivity contribution in [3.63, 3.8) is 0 Å². The van der Waals surface area contributed by atoms with Crippen LogP contribution >= 0.6 is 0 Å². The molecule has 1 aromatic rings. The summed E-state index contributed by atoms with van der Waals surface area (Å²) in [6.45, 7) is 2.44. The van der Waals surface area contributed by atoms with E-state index in [-0.39, 0.29) is 5.91 Å². The quantitative estimate of drug-likeness (QED) is 0.786. The number of nitrogens with two attached hydrogens (primary N) is 1. The summed E-state index contributed by atoms with van der Waals surface area (Å²) in [5, 5.41) is 2.81. The van der Waals surface area contributed by atoms with Crippen LogP contribution in [0.4, 0.5) is 0 Å². The number of amides is 1. The lowest BCUT2D eigenvalue weighted by molar-refractivity contribution is -0.122. The molecule has 1 atom stereocenters. The molecule has 2 rings (SSSR count). The first-order chi connectivity index (χ1) is 8.81. The Morgan fingerprint density at radius 2 is 2.50 bits per heavy atom. The Bertz CT molecular complexity index is 382. The zero-order chi connectivity index (χ0) is 12.8. The van der Waals surface area contributed by atoms with E-state index in [0.29, 0.717) is 25.7 Å². The van der Waals surface area contributed by atoms with Gasteiger partial charge in [-0.25, -0.2) is 0 Å². The van der Waals surface area contributed by atoms with Crippen LogP contribution in [0.5, 0.6) is 0 Å². The topological polar surface area (TPSA) is 71.2 Å². The molecule has 18 heavy (non-hydrogen) atoms. The van der Waals surface area contributed by atoms with Crippen molar-refractivity contribution < 1.29 is 4.79 Å². The zero-order valence-electron chi connectivity index (χ0n) is 10.5. The Morgan fingerprint density at radius 3 is 3.22 bits per heavy atom. The molecule has 1 amide bonds. The number of carbonyl (C=O) groups excluding carboxylic acids is 1. The van der Waals surface area contributed by atoms with Gasteiger partial charge in [0.2, 0.25) is 5.91 Å². The van der Waals surface area contributed by atoms with E-state index in [1.807, 2.05) is 12.3 Å². The minimum atomic E-state index is 0.0521. The largest absolute Gasteiger partial charge is 0.354 e. The molecule has 0 saturated carbocycles. The monoisotopic (exact) mass is 248 g/mol. The standard InChI is InChI=1S/C13H20N4O/c14-5-7-16-13(18)10-17-8-2-4-12(17)11-3-1-6-15-9-11/h1,3,6,9,12H,2,4-5,7-8,10,14H2,(H,16,18). The van der Waals surface area contributed by atoms with Crippen LogP contribution in [0.15, 0.2) is 24.5 Å². The van der Waals surface area contributed by atoms with Crippen LogP contribution in [0.25, 0.3) is 0 Å². The average molecular weight is 248 g/mol. The second-order valence-electron chi connectivity index (χ2n) is 4.55. The number of rotatable bonds is 5. The van der Waals surface area contributed by atoms with E-state index in [0.717, 1.165) is 19.4 Å². The predicted octanol–water partition coefficient (Wildman–Crippen LogP) is 0.293. The highest BCUT2D eigenvalue weighted by Gasteiger charge is 2.27. The molecule has 5 heteroatoms. The number of hydrogen-bond acceptors (Lipinski definition) is 4. The Kier molecular flexibility index (Phi) is 4.66. The molecule has 0 spiro atoms. The summed E-state index contributed by atoms with van der Waals surface area (Å²) >= 11 is 0. The molecule has 1 aliphatic rings. The Balaban J connectivity index is 1.94. The van der Waals surface area contributed by atoms with E-state index in [9.17, 15) is 4.79 Å². The molecular formula is C13H20N4O. The Morgan fingerprint density at radius 1 is 1.61 bits per heavy atom. The maximum Gasteiger partial charge on any atom is 0.234 e. The van der Waals surface area contributed by atoms with Crippen LogP contribution in [0, 0.1) is 0 Å². The highest BCUT2D eigenvalue weighted by Crippen LogP contribution is 2.30. The fourth-order valence-electron chi connectivity index (χ4n) is 2.42. The molecule has 1 aliphatic heterocycles. The van der Waals surface area contributed by atoms with Crippen LogP contribution < -0.4 is 11.1 Å². The minimum Gasteiger partial charge on any atom is -0.354 e. The molecule has 0 radical (unpaired) electrons. The summed E-state index contributed by atoms with van der Waals surface area (Å²) in [6, 6.07) is 4.34. The van der Waals surface area contributed by atoms with Gasteiger partial charge in [0.15, 0.2) is 0 Å². The van der Waals surface area contributed by atoms with Crippen molar-refractivity contribution in [3.8, 4) is 0 Å². The average Bonchev–Trinajstić information content (AvgIpc) is 2.85. The fourth-order valence-corrected chi connectivity index (χ4v) is 2.42. The van der Waals surface area contributed by atoms with Crippen LogP contribution in [0.1, 0.15) is 24.4 Å². The zero-order valence-corrected chi connectivity index (χ0v) is 10.5. The lowest BCUT2D eigenvalue weighted by Crippen LogP contribution is -2.38. The van der Waals surface area contributed by atoms with Gasteiger partial charge in [0.1, 0.15) is 0 Å². The molecule has 98 valence electrons. The second kappa shape index (κ2) is 6.47. The summed E-state index contributed by atoms with van der Waals surface area (Å²) in [5.74, 6) is 0.0521. The van der Waals surface area contributed by atoms with Gasteiger partial charge >= 0.3 is 0 Å². The van der Waals surface area contributed by atoms with Gasteiger partial charge in [-0.1, -0.05) is 6.07 Å². The lowest BCUT2D eigenvalue weighted by atomic mass is 10.1. The third-order valence-electron chi connectivity index (χ3n) is 3.25. The molecule has 5 nitrogen and oxygen atoms in total. The van der Waals surface area contributed by atoms with E-state index in [1.54, 1.807) is 6.20 Å². The van der Waals surface area contributed by atoms with Crippen molar-refractivity contribution in [2.45, 2.75) is 18.9 Å². The number of pyridine rings is 1. The van der Waals surface area contributed by atoms with Crippen LogP contribution in [0.3, 0.4) is 0 Å². The van der Waals surface area contributed by atoms with E-state index in [1.165, 1.54) is 5.56 Å². The normalized spacial score (nSPS) is 19.9. The van der Waals surface area contributed by atoms with Gasteiger partial charge in [-0.3, -0.25) is 14.7 Å². The molecule has 0 aromatic carbocycles. The van der Waals surface area contributed by atoms with Crippen molar-refractivity contribution in [1.82, 2.24) is 15.2 Å². The Hall–Kier alpha value is -1.46. The summed E-state index contributed by atoms with van der Waals surface area (Å²) < 4.78 is 0. The first-order valence-corrected chi connectivity index (χ1v) is 6.42. The smallest absolute Gasteiger partial charge is 0.234 e. The van der Waals surface area contributed by atoms with Crippen molar-refractivity contribution in [1.29, 1.82) is 0 Å². The van der Waals surface area contributed by atoms with E-state index < -0.39 is 0 Å². The maximum atomic E-state index is 11.7. The number of nitrogens with zero attached hydrogens (tertiary/aromatic N) is 2. The summed E-state index contributed by atoms with van der Waals surface area (Å²) in [5.41, 5.74) is 6.56. The van der Waals surface area contributed by atoms with Gasteiger partial charge < -0.3 is 11.1 Å². The molecule has 1 saturated heterocycles. The molecule has 2 heterocycles. The summed E-state index contributed by atoms with van der Waals surface area (Å²) in [7, 11) is 0. The van der Waals surface area contributed by atoms with E-state index >= 15 is 0 Å². The number of nitrogens with one attached hydrogen (secondary N) is 1. The number of hydrogen-bond donors (Lipinski definition) is 2. The van der Waals surface area contributed by atoms with Crippen LogP contribution in [-0.2, 0) is 4.79 Å². The lowest BCUT2D eigenvalue weighted by Gasteiger charge is -2.23. The van der Waals surface area contributed by atoms with E-state index in [2.05, 4.69) is 21.3 Å². The Labute approximate surface area is 107 Å². The number of likely N-dealkylation sites (tertiary alicyclic amines) is 1. The van der Waals surface area contributed by atoms with Crippen molar-refractivity contribution in [2.75, 3.05) is 26.2 Å². The number of aromatic nitrogens is 1. The van der Waals surface area contributed by atoms with Gasteiger partial charge in [0, 0.05) is 31.5 Å². The van der Waals surface area contributed by atoms with Crippen molar-refractivity contribution in [2.24, 2.45) is 5.73 Å². The van der Waals surface area contributed by atoms with Crippen LogP contribution in [-0.4, -0.2) is 42.0 Å². The molecule has 1 fully saturated rings. The maximum absolute atomic E-state index is 11.7. The molecule has 0 bridgehead atoms. The third-order valence-corrected chi connectivity index (χ3v) is 3.25. The fraction of sp³-hybridized carbons (Fsp3) is 0.538. The summed E-state index contributed by atoms with van der Waals surface area (Å²) in [4.78, 5) is 18.1. The van der Waals surface area contributed by atoms with Gasteiger partial charge in [-0.2, -0.15) is 0 Å². The molecular weight excluding hydrogens is 228 g/mol. The van der Waals surface area contributed by atoms with Crippen LogP contribution in [0.2, 0.25) is 0 Å². The minimum absolute atomic E-state index is 0.0521. The van der Waals surface area contributed by atoms with Crippen molar-refractivity contribution >= 4 is 5.91 Å². The molecule has 1 aromatic heterocycles. The van der Waals surface area contributed by atoms with Gasteiger partial charge in [-0.05, 0) is 31.0 Å². The first-order valence-electron chi connectivity index (χ1n) is 6.42. The molecule has 3 N–H and O–H groups in total. The predicted molar refractivity (Wildman–Crippen MR) is 69.8 cm³/mol. The van der Waals surface area contributed by atoms with Gasteiger partial charge in [-0.15, -0.1) is 0 Å². The highest BCUT2D eigenvalue weighted by atomic mass is 16.2. The van der Waals surface area contributed by atoms with E-state index in [4.69, 9.17) is 5.73 Å². The molecule has 0 aliphatic carbocycles. The highest BCUT2D eigenvalue weighted by molar-refractivity contribution is 5.78.